The first-order valence-electron chi connectivity index (χ1n) is 10.0. The lowest BCUT2D eigenvalue weighted by atomic mass is 9.47. The van der Waals surface area contributed by atoms with Crippen molar-refractivity contribution < 1.29 is 19.4 Å². The Morgan fingerprint density at radius 3 is 2.81 bits per heavy atom. The summed E-state index contributed by atoms with van der Waals surface area (Å²) in [7, 11) is 1.46. The summed E-state index contributed by atoms with van der Waals surface area (Å²) in [4.78, 5) is 24.4. The summed E-state index contributed by atoms with van der Waals surface area (Å²) in [5, 5.41) is 10.4. The highest BCUT2D eigenvalue weighted by molar-refractivity contribution is 6.01. The van der Waals surface area contributed by atoms with E-state index in [1.165, 1.54) is 12.7 Å². The molecule has 0 aromatic rings. The molecule has 142 valence electrons. The molecule has 0 unspecified atom stereocenters. The summed E-state index contributed by atoms with van der Waals surface area (Å²) in [6, 6.07) is 0. The molecule has 0 radical (unpaired) electrons. The molecule has 1 N–H and O–H groups in total. The van der Waals surface area contributed by atoms with Gasteiger partial charge < -0.3 is 9.84 Å². The number of hydrogen-bond donors (Lipinski definition) is 1. The third-order valence-electron chi connectivity index (χ3n) is 8.38. The van der Waals surface area contributed by atoms with Crippen LogP contribution in [0.4, 0.5) is 0 Å². The SMILES string of the molecule is COC(=O)[C@H]1[C@H](C)C[C@H]2[C@@H]3CCC4=CC(=O)C=C[C@]4(C)[C@H]3CC[C@@]21CO. The number of fused-ring (bicyclic) bond motifs is 5. The summed E-state index contributed by atoms with van der Waals surface area (Å²) in [5.74, 6) is 1.33. The van der Waals surface area contributed by atoms with E-state index in [4.69, 9.17) is 4.74 Å². The zero-order valence-corrected chi connectivity index (χ0v) is 16.0. The van der Waals surface area contributed by atoms with Gasteiger partial charge in [0.25, 0.3) is 0 Å². The number of ketones is 1. The van der Waals surface area contributed by atoms with Gasteiger partial charge in [0, 0.05) is 17.4 Å². The highest BCUT2D eigenvalue weighted by Crippen LogP contribution is 2.67. The second-order valence-corrected chi connectivity index (χ2v) is 9.25. The molecule has 4 rings (SSSR count). The molecule has 3 saturated carbocycles. The summed E-state index contributed by atoms with van der Waals surface area (Å²) in [6.07, 6.45) is 10.6. The number of allylic oxidation sites excluding steroid dienone is 4. The van der Waals surface area contributed by atoms with Crippen molar-refractivity contribution in [3.05, 3.63) is 23.8 Å². The molecule has 0 aromatic heterocycles. The Labute approximate surface area is 155 Å². The number of aliphatic hydroxyl groups is 1. The monoisotopic (exact) mass is 358 g/mol. The minimum atomic E-state index is -0.334. The van der Waals surface area contributed by atoms with Crippen molar-refractivity contribution in [3.8, 4) is 0 Å². The molecule has 4 heteroatoms. The van der Waals surface area contributed by atoms with E-state index in [9.17, 15) is 14.7 Å². The van der Waals surface area contributed by atoms with E-state index in [0.717, 1.165) is 32.1 Å². The van der Waals surface area contributed by atoms with E-state index >= 15 is 0 Å². The van der Waals surface area contributed by atoms with Gasteiger partial charge in [-0.25, -0.2) is 0 Å². The number of rotatable bonds is 2. The lowest BCUT2D eigenvalue weighted by molar-refractivity contribution is -0.158. The van der Waals surface area contributed by atoms with Crippen LogP contribution in [0, 0.1) is 40.4 Å². The molecule has 0 aliphatic heterocycles. The van der Waals surface area contributed by atoms with Gasteiger partial charge >= 0.3 is 5.97 Å². The zero-order valence-electron chi connectivity index (χ0n) is 16.0. The molecule has 0 aromatic carbocycles. The predicted molar refractivity (Wildman–Crippen MR) is 98.1 cm³/mol. The number of aliphatic hydroxyl groups excluding tert-OH is 1. The number of ether oxygens (including phenoxy) is 1. The van der Waals surface area contributed by atoms with Gasteiger partial charge in [-0.05, 0) is 67.9 Å². The first kappa shape index (κ1) is 18.0. The minimum absolute atomic E-state index is 0.0506. The van der Waals surface area contributed by atoms with E-state index in [1.54, 1.807) is 6.08 Å². The number of methoxy groups -OCH3 is 1. The molecule has 26 heavy (non-hydrogen) atoms. The Hall–Kier alpha value is -1.42. The van der Waals surface area contributed by atoms with Gasteiger partial charge in [0.1, 0.15) is 0 Å². The summed E-state index contributed by atoms with van der Waals surface area (Å²) in [6.45, 7) is 4.49. The maximum atomic E-state index is 12.5. The van der Waals surface area contributed by atoms with E-state index in [1.807, 2.05) is 6.08 Å². The fraction of sp³-hybridized carbons (Fsp3) is 0.727. The Balaban J connectivity index is 1.71. The Kier molecular flexibility index (Phi) is 4.18. The minimum Gasteiger partial charge on any atom is -0.469 e. The molecule has 0 bridgehead atoms. The van der Waals surface area contributed by atoms with Crippen LogP contribution in [0.15, 0.2) is 23.8 Å². The van der Waals surface area contributed by atoms with Gasteiger partial charge in [0.05, 0.1) is 13.0 Å². The maximum Gasteiger partial charge on any atom is 0.309 e. The Bertz CT molecular complexity index is 692. The van der Waals surface area contributed by atoms with Gasteiger partial charge in [0.15, 0.2) is 5.78 Å². The highest BCUT2D eigenvalue weighted by Gasteiger charge is 2.63. The van der Waals surface area contributed by atoms with Crippen molar-refractivity contribution in [2.75, 3.05) is 13.7 Å². The average Bonchev–Trinajstić information content (AvgIpc) is 2.94. The van der Waals surface area contributed by atoms with E-state index in [2.05, 4.69) is 19.9 Å². The van der Waals surface area contributed by atoms with E-state index in [-0.39, 0.29) is 41.0 Å². The average molecular weight is 358 g/mol. The normalized spacial score (nSPS) is 46.8. The third-order valence-corrected chi connectivity index (χ3v) is 8.38. The second kappa shape index (κ2) is 6.05. The number of hydrogen-bond acceptors (Lipinski definition) is 4. The van der Waals surface area contributed by atoms with Crippen LogP contribution in [-0.2, 0) is 14.3 Å². The fourth-order valence-corrected chi connectivity index (χ4v) is 7.23. The lowest BCUT2D eigenvalue weighted by Crippen LogP contribution is -2.53. The van der Waals surface area contributed by atoms with Crippen LogP contribution in [0.1, 0.15) is 46.0 Å². The molecule has 4 aliphatic rings. The maximum absolute atomic E-state index is 12.5. The summed E-state index contributed by atoms with van der Waals surface area (Å²) >= 11 is 0. The molecule has 0 saturated heterocycles. The van der Waals surface area contributed by atoms with Crippen molar-refractivity contribution in [1.82, 2.24) is 0 Å². The topological polar surface area (TPSA) is 63.6 Å². The molecule has 0 spiro atoms. The Morgan fingerprint density at radius 2 is 2.12 bits per heavy atom. The Morgan fingerprint density at radius 1 is 1.35 bits per heavy atom. The van der Waals surface area contributed by atoms with Gasteiger partial charge in [0.2, 0.25) is 0 Å². The fourth-order valence-electron chi connectivity index (χ4n) is 7.23. The molecule has 4 aliphatic carbocycles. The van der Waals surface area contributed by atoms with Crippen molar-refractivity contribution in [2.24, 2.45) is 40.4 Å². The number of carbonyl (C=O) groups is 2. The standard InChI is InChI=1S/C22H30O4/c1-13-10-18-16-5-4-14-11-15(24)6-8-21(14,2)17(16)7-9-22(18,12-23)19(13)20(25)26-3/h6,8,11,13,16-19,23H,4-5,7,9-10,12H2,1-3H3/t13-,16-,17+,18+,19-,21+,22-/m1/s1. The molecule has 4 nitrogen and oxygen atoms in total. The van der Waals surface area contributed by atoms with Crippen LogP contribution in [-0.4, -0.2) is 30.6 Å². The molecule has 7 atom stereocenters. The van der Waals surface area contributed by atoms with Crippen LogP contribution in [0.2, 0.25) is 0 Å². The number of esters is 1. The first-order chi connectivity index (χ1) is 12.4. The smallest absolute Gasteiger partial charge is 0.309 e. The van der Waals surface area contributed by atoms with E-state index < -0.39 is 0 Å². The summed E-state index contributed by atoms with van der Waals surface area (Å²) in [5.41, 5.74) is 0.892. The van der Waals surface area contributed by atoms with Crippen LogP contribution in [0.5, 0.6) is 0 Å². The van der Waals surface area contributed by atoms with Crippen LogP contribution < -0.4 is 0 Å². The van der Waals surface area contributed by atoms with Gasteiger partial charge in [-0.3, -0.25) is 9.59 Å². The zero-order chi connectivity index (χ0) is 18.7. The molecule has 0 heterocycles. The van der Waals surface area contributed by atoms with Crippen LogP contribution in [0.25, 0.3) is 0 Å². The van der Waals surface area contributed by atoms with Crippen molar-refractivity contribution >= 4 is 11.8 Å². The molecule has 0 amide bonds. The van der Waals surface area contributed by atoms with Crippen molar-refractivity contribution in [3.63, 3.8) is 0 Å². The van der Waals surface area contributed by atoms with Gasteiger partial charge in [-0.15, -0.1) is 0 Å². The highest BCUT2D eigenvalue weighted by atomic mass is 16.5. The first-order valence-corrected chi connectivity index (χ1v) is 10.0. The van der Waals surface area contributed by atoms with Crippen LogP contribution >= 0.6 is 0 Å². The predicted octanol–water partition coefficient (Wildman–Crippen LogP) is 3.30. The largest absolute Gasteiger partial charge is 0.469 e. The van der Waals surface area contributed by atoms with Gasteiger partial charge in [-0.2, -0.15) is 0 Å². The van der Waals surface area contributed by atoms with Crippen molar-refractivity contribution in [2.45, 2.75) is 46.0 Å². The van der Waals surface area contributed by atoms with Gasteiger partial charge in [-0.1, -0.05) is 25.5 Å². The van der Waals surface area contributed by atoms with E-state index in [0.29, 0.717) is 17.8 Å². The van der Waals surface area contributed by atoms with Crippen molar-refractivity contribution in [1.29, 1.82) is 0 Å². The molecular weight excluding hydrogens is 328 g/mol. The molecule has 3 fully saturated rings. The van der Waals surface area contributed by atoms with Crippen LogP contribution in [0.3, 0.4) is 0 Å². The number of carbonyl (C=O) groups excluding carboxylic acids is 2. The molecular formula is C22H30O4. The quantitative estimate of drug-likeness (QED) is 0.769. The third kappa shape index (κ3) is 2.24. The second-order valence-electron chi connectivity index (χ2n) is 9.25. The lowest BCUT2D eigenvalue weighted by Gasteiger charge is -2.57. The summed E-state index contributed by atoms with van der Waals surface area (Å²) < 4.78 is 5.13.